The lowest BCUT2D eigenvalue weighted by Gasteiger charge is -1.87. The highest BCUT2D eigenvalue weighted by molar-refractivity contribution is 7.45. The van der Waals surface area contributed by atoms with Crippen molar-refractivity contribution in [3.05, 3.63) is 0 Å². The Morgan fingerprint density at radius 1 is 1.27 bits per heavy atom. The van der Waals surface area contributed by atoms with E-state index in [0.29, 0.717) is 0 Å². The highest BCUT2D eigenvalue weighted by atomic mass is 31.2. The van der Waals surface area contributed by atoms with Crippen LogP contribution in [0.15, 0.2) is 0 Å². The molecule has 0 bridgehead atoms. The van der Waals surface area contributed by atoms with Crippen LogP contribution in [-0.4, -0.2) is 26.4 Å². The van der Waals surface area contributed by atoms with Crippen LogP contribution in [0.5, 0.6) is 0 Å². The monoisotopic (exact) mass is 185 g/mol. The summed E-state index contributed by atoms with van der Waals surface area (Å²) in [6.07, 6.45) is 0. The van der Waals surface area contributed by atoms with E-state index in [1.165, 1.54) is 0 Å². The normalized spacial score (nSPS) is 9.45. The third-order valence-electron chi connectivity index (χ3n) is 0.287. The zero-order valence-electron chi connectivity index (χ0n) is 5.42. The number of hydrogen-bond acceptors (Lipinski definition) is 4. The van der Waals surface area contributed by atoms with Crippen molar-refractivity contribution in [3.8, 4) is 0 Å². The zero-order valence-corrected chi connectivity index (χ0v) is 6.32. The second-order valence-electron chi connectivity index (χ2n) is 1.36. The second-order valence-corrected chi connectivity index (χ2v) is 2.38. The standard InChI is InChI=1S/C3H4O3.H3O4P/c1-2(4)3(5)6;1-5(2,3)4/h1H3,(H,5,6);(H3,1,2,3,4)/p-1. The van der Waals surface area contributed by atoms with Gasteiger partial charge in [0.05, 0.1) is 0 Å². The Balaban J connectivity index is 0. The molecule has 0 heterocycles. The Hall–Kier alpha value is -0.750. The number of aliphatic carboxylic acids is 1. The van der Waals surface area contributed by atoms with Crippen molar-refractivity contribution >= 4 is 19.6 Å². The largest absolute Gasteiger partial charge is 0.542 e. The summed E-state index contributed by atoms with van der Waals surface area (Å²) in [5.74, 6) is -2.56. The molecule has 0 unspecified atom stereocenters. The maximum Gasteiger partial charge on any atom is 0.466 e. The third kappa shape index (κ3) is 46.0. The first-order valence-corrected chi connectivity index (χ1v) is 3.71. The van der Waals surface area contributed by atoms with Crippen LogP contribution in [0.1, 0.15) is 6.92 Å². The molecule has 0 aromatic heterocycles. The van der Waals surface area contributed by atoms with E-state index >= 15 is 0 Å². The van der Waals surface area contributed by atoms with Crippen molar-refractivity contribution in [2.75, 3.05) is 0 Å². The van der Waals surface area contributed by atoms with Crippen LogP contribution in [0.25, 0.3) is 0 Å². The van der Waals surface area contributed by atoms with Crippen molar-refractivity contribution in [1.82, 2.24) is 0 Å². The first-order chi connectivity index (χ1) is 4.64. The zero-order chi connectivity index (χ0) is 9.65. The molecule has 0 atom stereocenters. The van der Waals surface area contributed by atoms with Crippen LogP contribution in [0.2, 0.25) is 0 Å². The van der Waals surface area contributed by atoms with Crippen LogP contribution >= 0.6 is 7.82 Å². The van der Waals surface area contributed by atoms with Crippen molar-refractivity contribution in [2.24, 2.45) is 0 Å². The van der Waals surface area contributed by atoms with Crippen LogP contribution in [-0.2, 0) is 14.2 Å². The van der Waals surface area contributed by atoms with Gasteiger partial charge in [0.25, 0.3) is 0 Å². The summed E-state index contributed by atoms with van der Waals surface area (Å²) < 4.78 is 8.88. The van der Waals surface area contributed by atoms with Crippen LogP contribution < -0.4 is 5.11 Å². The number of rotatable bonds is 1. The smallest absolute Gasteiger partial charge is 0.466 e. The summed E-state index contributed by atoms with van der Waals surface area (Å²) in [7, 11) is -4.64. The van der Waals surface area contributed by atoms with Gasteiger partial charge in [-0.25, -0.2) is 4.57 Å². The molecule has 0 aliphatic rings. The van der Waals surface area contributed by atoms with E-state index in [0.717, 1.165) is 6.92 Å². The molecule has 0 fully saturated rings. The number of Topliss-reactive ketones (excluding diaryl/α,β-unsaturated/α-hetero) is 1. The molecule has 11 heavy (non-hydrogen) atoms. The fourth-order valence-electron chi connectivity index (χ4n) is 0. The minimum atomic E-state index is -4.64. The van der Waals surface area contributed by atoms with E-state index in [-0.39, 0.29) is 0 Å². The maximum atomic E-state index is 9.48. The van der Waals surface area contributed by atoms with E-state index < -0.39 is 19.6 Å². The molecule has 0 aliphatic carbocycles. The van der Waals surface area contributed by atoms with Gasteiger partial charge in [0.1, 0.15) is 5.97 Å². The molecule has 0 spiro atoms. The van der Waals surface area contributed by atoms with E-state index in [4.69, 9.17) is 19.2 Å². The summed E-state index contributed by atoms with van der Waals surface area (Å²) >= 11 is 0. The molecule has 0 saturated carbocycles. The molecule has 0 aliphatic heterocycles. The number of hydrogen-bond donors (Lipinski definition) is 3. The Kier molecular flexibility index (Phi) is 5.83. The fraction of sp³-hybridized carbons (Fsp3) is 0.333. The lowest BCUT2D eigenvalue weighted by atomic mass is 10.5. The minimum absolute atomic E-state index is 0.935. The predicted molar refractivity (Wildman–Crippen MR) is 30.0 cm³/mol. The lowest BCUT2D eigenvalue weighted by molar-refractivity contribution is -0.299. The molecule has 0 saturated heterocycles. The van der Waals surface area contributed by atoms with Crippen molar-refractivity contribution in [1.29, 1.82) is 0 Å². The topological polar surface area (TPSA) is 135 Å². The van der Waals surface area contributed by atoms with Crippen molar-refractivity contribution in [3.63, 3.8) is 0 Å². The van der Waals surface area contributed by atoms with Crippen LogP contribution in [0.4, 0.5) is 0 Å². The highest BCUT2D eigenvalue weighted by Gasteiger charge is 2.00. The summed E-state index contributed by atoms with van der Waals surface area (Å²) in [6, 6.07) is 0. The number of carbonyl (C=O) groups excluding carboxylic acids is 2. The Morgan fingerprint density at radius 3 is 1.36 bits per heavy atom. The summed E-state index contributed by atoms with van der Waals surface area (Å²) in [5.41, 5.74) is 0. The third-order valence-corrected chi connectivity index (χ3v) is 0.287. The molecule has 0 rings (SSSR count). The molecule has 0 amide bonds. The molecule has 0 radical (unpaired) electrons. The van der Waals surface area contributed by atoms with Crippen molar-refractivity contribution in [2.45, 2.75) is 6.92 Å². The minimum Gasteiger partial charge on any atom is -0.542 e. The number of ketones is 1. The summed E-state index contributed by atoms with van der Waals surface area (Å²) in [5, 5.41) is 9.24. The Morgan fingerprint density at radius 2 is 1.36 bits per heavy atom. The van der Waals surface area contributed by atoms with E-state index in [9.17, 15) is 14.7 Å². The van der Waals surface area contributed by atoms with Gasteiger partial charge < -0.3 is 24.6 Å². The van der Waals surface area contributed by atoms with Gasteiger partial charge in [0.2, 0.25) is 0 Å². The molecular formula is C3H6O7P-. The average Bonchev–Trinajstić information content (AvgIpc) is 1.59. The molecule has 3 N–H and O–H groups in total. The SMILES string of the molecule is CC(=O)C(=O)[O-].O=P(O)(O)O. The lowest BCUT2D eigenvalue weighted by Crippen LogP contribution is -2.29. The van der Waals surface area contributed by atoms with Gasteiger partial charge >= 0.3 is 7.82 Å². The number of carboxylic acids is 1. The van der Waals surface area contributed by atoms with Gasteiger partial charge in [-0.1, -0.05) is 0 Å². The number of carboxylic acid groups (broad SMARTS) is 1. The van der Waals surface area contributed by atoms with Gasteiger partial charge in [0.15, 0.2) is 5.78 Å². The quantitative estimate of drug-likeness (QED) is 0.301. The van der Waals surface area contributed by atoms with Gasteiger partial charge in [-0.15, -0.1) is 0 Å². The predicted octanol–water partition coefficient (Wildman–Crippen LogP) is -2.60. The van der Waals surface area contributed by atoms with E-state index in [2.05, 4.69) is 0 Å². The molecule has 7 nitrogen and oxygen atoms in total. The van der Waals surface area contributed by atoms with Gasteiger partial charge in [0, 0.05) is 6.92 Å². The number of phosphoric acid groups is 1. The van der Waals surface area contributed by atoms with Crippen LogP contribution in [0, 0.1) is 0 Å². The van der Waals surface area contributed by atoms with E-state index in [1.54, 1.807) is 0 Å². The molecular weight excluding hydrogens is 179 g/mol. The first-order valence-electron chi connectivity index (χ1n) is 2.14. The maximum absolute atomic E-state index is 9.48. The Labute approximate surface area is 61.5 Å². The summed E-state index contributed by atoms with van der Waals surface area (Å²) in [4.78, 5) is 40.3. The van der Waals surface area contributed by atoms with Gasteiger partial charge in [-0.3, -0.25) is 4.79 Å². The molecule has 0 aromatic rings. The van der Waals surface area contributed by atoms with Crippen LogP contribution in [0.3, 0.4) is 0 Å². The van der Waals surface area contributed by atoms with Gasteiger partial charge in [-0.05, 0) is 0 Å². The average molecular weight is 185 g/mol. The number of carbonyl (C=O) groups is 2. The van der Waals surface area contributed by atoms with Gasteiger partial charge in [-0.2, -0.15) is 0 Å². The first kappa shape index (κ1) is 12.9. The Bertz CT molecular complexity index is 170. The molecule has 66 valence electrons. The van der Waals surface area contributed by atoms with Crippen molar-refractivity contribution < 1.29 is 33.9 Å². The summed E-state index contributed by atoms with van der Waals surface area (Å²) in [6.45, 7) is 0.940. The highest BCUT2D eigenvalue weighted by Crippen LogP contribution is 2.25. The fourth-order valence-corrected chi connectivity index (χ4v) is 0. The van der Waals surface area contributed by atoms with E-state index in [1.807, 2.05) is 0 Å². The molecule has 8 heteroatoms. The molecule has 0 aromatic carbocycles. The second kappa shape index (κ2) is 4.97.